The van der Waals surface area contributed by atoms with Crippen LogP contribution in [-0.4, -0.2) is 14.7 Å². The summed E-state index contributed by atoms with van der Waals surface area (Å²) in [5.41, 5.74) is 4.80. The van der Waals surface area contributed by atoms with Gasteiger partial charge in [0.05, 0.1) is 17.1 Å². The van der Waals surface area contributed by atoms with Gasteiger partial charge in [0.25, 0.3) is 0 Å². The molecular weight excluding hydrogens is 236 g/mol. The lowest BCUT2D eigenvalue weighted by Gasteiger charge is -2.32. The standard InChI is InChI=1S/C16H14N2O/c19-10-16-17-13-7-3-4-8-14(13)18(16)15-9-11-5-1-2-6-12(11)15/h1-8,15,19H,9-10H2. The van der Waals surface area contributed by atoms with E-state index in [-0.39, 0.29) is 6.61 Å². The van der Waals surface area contributed by atoms with Gasteiger partial charge >= 0.3 is 0 Å². The monoisotopic (exact) mass is 250 g/mol. The second-order valence-electron chi connectivity index (χ2n) is 4.96. The summed E-state index contributed by atoms with van der Waals surface area (Å²) in [6, 6.07) is 16.9. The maximum absolute atomic E-state index is 9.55. The zero-order valence-corrected chi connectivity index (χ0v) is 10.5. The van der Waals surface area contributed by atoms with Gasteiger partial charge in [0, 0.05) is 0 Å². The van der Waals surface area contributed by atoms with Gasteiger partial charge in [0.15, 0.2) is 0 Å². The summed E-state index contributed by atoms with van der Waals surface area (Å²) in [7, 11) is 0. The van der Waals surface area contributed by atoms with E-state index in [0.29, 0.717) is 6.04 Å². The highest BCUT2D eigenvalue weighted by atomic mass is 16.3. The van der Waals surface area contributed by atoms with E-state index in [1.54, 1.807) is 0 Å². The number of fused-ring (bicyclic) bond motifs is 2. The van der Waals surface area contributed by atoms with Crippen molar-refractivity contribution in [2.75, 3.05) is 0 Å². The normalized spacial score (nSPS) is 17.2. The van der Waals surface area contributed by atoms with Crippen molar-refractivity contribution in [3.8, 4) is 0 Å². The minimum absolute atomic E-state index is 0.0205. The van der Waals surface area contributed by atoms with E-state index in [0.717, 1.165) is 23.3 Å². The Hall–Kier alpha value is -2.13. The Labute approximate surface area is 111 Å². The first-order valence-corrected chi connectivity index (χ1v) is 6.53. The number of nitrogens with zero attached hydrogens (tertiary/aromatic N) is 2. The van der Waals surface area contributed by atoms with Gasteiger partial charge in [-0.1, -0.05) is 36.4 Å². The largest absolute Gasteiger partial charge is 0.388 e. The highest BCUT2D eigenvalue weighted by molar-refractivity contribution is 5.76. The summed E-state index contributed by atoms with van der Waals surface area (Å²) in [5, 5.41) is 9.55. The summed E-state index contributed by atoms with van der Waals surface area (Å²) in [5.74, 6) is 0.751. The molecule has 1 unspecified atom stereocenters. The maximum atomic E-state index is 9.55. The van der Waals surface area contributed by atoms with Gasteiger partial charge in [-0.3, -0.25) is 0 Å². The molecule has 1 N–H and O–H groups in total. The van der Waals surface area contributed by atoms with Crippen LogP contribution >= 0.6 is 0 Å². The van der Waals surface area contributed by atoms with Crippen molar-refractivity contribution in [1.82, 2.24) is 9.55 Å². The summed E-state index contributed by atoms with van der Waals surface area (Å²) in [6.45, 7) is -0.0205. The van der Waals surface area contributed by atoms with E-state index < -0.39 is 0 Å². The van der Waals surface area contributed by atoms with Gasteiger partial charge in [-0.05, 0) is 29.7 Å². The molecule has 0 bridgehead atoms. The quantitative estimate of drug-likeness (QED) is 0.759. The molecule has 0 spiro atoms. The fourth-order valence-corrected chi connectivity index (χ4v) is 3.02. The second-order valence-corrected chi connectivity index (χ2v) is 4.96. The molecule has 3 nitrogen and oxygen atoms in total. The van der Waals surface area contributed by atoms with Crippen LogP contribution in [0.3, 0.4) is 0 Å². The number of aliphatic hydroxyl groups is 1. The number of benzene rings is 2. The fourth-order valence-electron chi connectivity index (χ4n) is 3.02. The predicted molar refractivity (Wildman–Crippen MR) is 73.9 cm³/mol. The highest BCUT2D eigenvalue weighted by Crippen LogP contribution is 2.38. The minimum Gasteiger partial charge on any atom is -0.388 e. The summed E-state index contributed by atoms with van der Waals surface area (Å²) in [6.07, 6.45) is 1.02. The van der Waals surface area contributed by atoms with Gasteiger partial charge in [-0.25, -0.2) is 4.98 Å². The van der Waals surface area contributed by atoms with E-state index in [4.69, 9.17) is 0 Å². The molecule has 0 saturated carbocycles. The van der Waals surface area contributed by atoms with Crippen LogP contribution in [0.5, 0.6) is 0 Å². The van der Waals surface area contributed by atoms with Crippen molar-refractivity contribution in [2.45, 2.75) is 19.1 Å². The van der Waals surface area contributed by atoms with E-state index >= 15 is 0 Å². The van der Waals surface area contributed by atoms with E-state index in [1.165, 1.54) is 11.1 Å². The molecule has 1 atom stereocenters. The molecule has 1 heterocycles. The Bertz CT molecular complexity index is 760. The zero-order chi connectivity index (χ0) is 12.8. The van der Waals surface area contributed by atoms with Crippen LogP contribution in [0.4, 0.5) is 0 Å². The molecule has 0 fully saturated rings. The maximum Gasteiger partial charge on any atom is 0.136 e. The lowest BCUT2D eigenvalue weighted by molar-refractivity contribution is 0.262. The smallest absolute Gasteiger partial charge is 0.136 e. The van der Waals surface area contributed by atoms with Crippen LogP contribution in [0.1, 0.15) is 23.0 Å². The average molecular weight is 250 g/mol. The highest BCUT2D eigenvalue weighted by Gasteiger charge is 2.29. The predicted octanol–water partition coefficient (Wildman–Crippen LogP) is 2.67. The molecule has 2 aromatic carbocycles. The van der Waals surface area contributed by atoms with Crippen LogP contribution in [0.2, 0.25) is 0 Å². The fraction of sp³-hybridized carbons (Fsp3) is 0.188. The van der Waals surface area contributed by atoms with Crippen molar-refractivity contribution in [2.24, 2.45) is 0 Å². The number of para-hydroxylation sites is 2. The van der Waals surface area contributed by atoms with Gasteiger partial charge in [0.1, 0.15) is 12.4 Å². The topological polar surface area (TPSA) is 38.1 Å². The van der Waals surface area contributed by atoms with Crippen LogP contribution in [0, 0.1) is 0 Å². The van der Waals surface area contributed by atoms with Crippen LogP contribution in [0.15, 0.2) is 48.5 Å². The molecule has 0 radical (unpaired) electrons. The Morgan fingerprint density at radius 1 is 1.11 bits per heavy atom. The molecule has 1 aliphatic carbocycles. The Morgan fingerprint density at radius 3 is 2.74 bits per heavy atom. The minimum atomic E-state index is -0.0205. The van der Waals surface area contributed by atoms with Crippen LogP contribution in [0.25, 0.3) is 11.0 Å². The second kappa shape index (κ2) is 3.93. The summed E-state index contributed by atoms with van der Waals surface area (Å²) < 4.78 is 2.18. The van der Waals surface area contributed by atoms with Crippen molar-refractivity contribution in [3.63, 3.8) is 0 Å². The molecule has 1 aromatic heterocycles. The number of hydrogen-bond donors (Lipinski definition) is 1. The molecule has 3 heteroatoms. The Kier molecular flexibility index (Phi) is 2.23. The van der Waals surface area contributed by atoms with Crippen molar-refractivity contribution in [3.05, 3.63) is 65.5 Å². The molecule has 94 valence electrons. The SMILES string of the molecule is OCc1nc2ccccc2n1C1Cc2ccccc21. The number of hydrogen-bond acceptors (Lipinski definition) is 2. The lowest BCUT2D eigenvalue weighted by atomic mass is 9.83. The van der Waals surface area contributed by atoms with E-state index in [1.807, 2.05) is 18.2 Å². The summed E-state index contributed by atoms with van der Waals surface area (Å²) >= 11 is 0. The molecule has 0 saturated heterocycles. The summed E-state index contributed by atoms with van der Waals surface area (Å²) in [4.78, 5) is 4.52. The number of aliphatic hydroxyl groups excluding tert-OH is 1. The van der Waals surface area contributed by atoms with Gasteiger partial charge in [0.2, 0.25) is 0 Å². The van der Waals surface area contributed by atoms with E-state index in [9.17, 15) is 5.11 Å². The van der Waals surface area contributed by atoms with Gasteiger partial charge in [-0.15, -0.1) is 0 Å². The van der Waals surface area contributed by atoms with Crippen molar-refractivity contribution < 1.29 is 5.11 Å². The van der Waals surface area contributed by atoms with Crippen molar-refractivity contribution in [1.29, 1.82) is 0 Å². The molecule has 1 aliphatic rings. The lowest BCUT2D eigenvalue weighted by Crippen LogP contribution is -2.25. The molecule has 3 aromatic rings. The molecular formula is C16H14N2O. The number of aromatic nitrogens is 2. The number of rotatable bonds is 2. The third kappa shape index (κ3) is 1.45. The first-order valence-electron chi connectivity index (χ1n) is 6.53. The Morgan fingerprint density at radius 2 is 1.89 bits per heavy atom. The van der Waals surface area contributed by atoms with Crippen LogP contribution in [-0.2, 0) is 13.0 Å². The third-order valence-electron chi connectivity index (χ3n) is 3.95. The first kappa shape index (κ1) is 10.8. The zero-order valence-electron chi connectivity index (χ0n) is 10.5. The molecule has 4 rings (SSSR count). The molecule has 0 aliphatic heterocycles. The van der Waals surface area contributed by atoms with Crippen molar-refractivity contribution >= 4 is 11.0 Å². The van der Waals surface area contributed by atoms with Gasteiger partial charge in [-0.2, -0.15) is 0 Å². The Balaban J connectivity index is 1.93. The van der Waals surface area contributed by atoms with Gasteiger partial charge < -0.3 is 9.67 Å². The third-order valence-corrected chi connectivity index (χ3v) is 3.95. The first-order chi connectivity index (χ1) is 9.38. The van der Waals surface area contributed by atoms with Crippen LogP contribution < -0.4 is 0 Å². The number of imidazole rings is 1. The molecule has 19 heavy (non-hydrogen) atoms. The molecule has 0 amide bonds. The van der Waals surface area contributed by atoms with E-state index in [2.05, 4.69) is 39.9 Å². The average Bonchev–Trinajstić information content (AvgIpc) is 2.79.